The first-order chi connectivity index (χ1) is 30.2. The molecule has 9 aromatic carbocycles. The summed E-state index contributed by atoms with van der Waals surface area (Å²) in [5.74, 6) is 1.35. The van der Waals surface area contributed by atoms with Gasteiger partial charge in [-0.15, -0.1) is 11.3 Å². The molecule has 1 N–H and O–H groups in total. The van der Waals surface area contributed by atoms with E-state index in [4.69, 9.17) is 18.8 Å². The Balaban J connectivity index is 0.993. The molecule has 286 valence electrons. The average Bonchev–Trinajstić information content (AvgIpc) is 4.02. The highest BCUT2D eigenvalue weighted by atomic mass is 32.1. The van der Waals surface area contributed by atoms with Gasteiger partial charge < -0.3 is 14.2 Å². The van der Waals surface area contributed by atoms with Crippen molar-refractivity contribution in [2.24, 2.45) is 9.98 Å². The van der Waals surface area contributed by atoms with Gasteiger partial charge in [0.2, 0.25) is 0 Å². The Morgan fingerprint density at radius 3 is 1.89 bits per heavy atom. The van der Waals surface area contributed by atoms with Crippen LogP contribution < -0.4 is 5.32 Å². The van der Waals surface area contributed by atoms with E-state index in [9.17, 15) is 0 Å². The minimum atomic E-state index is -0.422. The van der Waals surface area contributed by atoms with E-state index < -0.39 is 6.17 Å². The summed E-state index contributed by atoms with van der Waals surface area (Å²) in [7, 11) is 0. The number of fused-ring (bicyclic) bond motifs is 10. The van der Waals surface area contributed by atoms with E-state index in [1.165, 1.54) is 42.1 Å². The lowest BCUT2D eigenvalue weighted by molar-refractivity contribution is 0.667. The van der Waals surface area contributed by atoms with Crippen LogP contribution in [0, 0.1) is 0 Å². The minimum Gasteiger partial charge on any atom is -0.456 e. The van der Waals surface area contributed by atoms with E-state index >= 15 is 0 Å². The van der Waals surface area contributed by atoms with Crippen LogP contribution in [0.4, 0.5) is 0 Å². The number of hydrogen-bond acceptors (Lipinski definition) is 6. The number of thiophene rings is 1. The highest BCUT2D eigenvalue weighted by molar-refractivity contribution is 7.25. The quantitative estimate of drug-likeness (QED) is 0.189. The maximum Gasteiger partial charge on any atom is 0.159 e. The SMILES string of the molecule is c1ccc2c(-c3ccc(C4N=C(c5ccc6c(c5)oc5ccccc56)N=C(c5cccc6oc7cccc(-c8cccc9sc%10ccccc%10c89)c7c56)N4)cc3)cccc2c1. The Labute approximate surface area is 353 Å². The van der Waals surface area contributed by atoms with E-state index in [2.05, 4.69) is 175 Å². The van der Waals surface area contributed by atoms with Crippen molar-refractivity contribution < 1.29 is 8.83 Å². The number of nitrogens with one attached hydrogen (secondary N) is 1. The molecule has 5 nitrogen and oxygen atoms in total. The first-order valence-corrected chi connectivity index (χ1v) is 21.3. The van der Waals surface area contributed by atoms with Crippen LogP contribution in [0.2, 0.25) is 0 Å². The summed E-state index contributed by atoms with van der Waals surface area (Å²) < 4.78 is 15.6. The maximum absolute atomic E-state index is 6.69. The van der Waals surface area contributed by atoms with Crippen molar-refractivity contribution in [2.75, 3.05) is 0 Å². The first kappa shape index (κ1) is 34.1. The molecule has 1 aliphatic rings. The van der Waals surface area contributed by atoms with Crippen molar-refractivity contribution in [3.63, 3.8) is 0 Å². The van der Waals surface area contributed by atoms with Crippen molar-refractivity contribution in [2.45, 2.75) is 6.17 Å². The van der Waals surface area contributed by atoms with Crippen molar-refractivity contribution >= 4 is 97.8 Å². The van der Waals surface area contributed by atoms with Gasteiger partial charge in [0, 0.05) is 52.8 Å². The summed E-state index contributed by atoms with van der Waals surface area (Å²) in [4.78, 5) is 10.7. The Bertz CT molecular complexity index is 3810. The standard InChI is InChI=1S/C55H33N3O2S/c1-2-13-36-32(11-1)12-7-16-37(36)33-25-27-34(28-26-33)53-56-54(35-29-30-39-38-14-3-5-20-44(38)59-47(39)31-35)58-55(57-53)43-19-9-22-46-52(43)51-41(17-8-21-45(51)60-46)40-18-10-24-49-50(40)42-15-4-6-23-48(42)61-49/h1-31,53H,(H,56,57,58). The first-order valence-electron chi connectivity index (χ1n) is 20.5. The van der Waals surface area contributed by atoms with Crippen LogP contribution >= 0.6 is 11.3 Å². The van der Waals surface area contributed by atoms with Crippen molar-refractivity contribution in [3.8, 4) is 22.3 Å². The molecule has 0 spiro atoms. The fraction of sp³-hybridized carbons (Fsp3) is 0.0182. The lowest BCUT2D eigenvalue weighted by Crippen LogP contribution is -2.33. The Hall–Kier alpha value is -7.80. The molecule has 12 aromatic rings. The smallest absolute Gasteiger partial charge is 0.159 e. The van der Waals surface area contributed by atoms with Gasteiger partial charge >= 0.3 is 0 Å². The molecule has 0 saturated heterocycles. The molecule has 0 saturated carbocycles. The van der Waals surface area contributed by atoms with E-state index in [0.29, 0.717) is 5.84 Å². The number of para-hydroxylation sites is 1. The van der Waals surface area contributed by atoms with E-state index in [1.807, 2.05) is 29.5 Å². The summed E-state index contributed by atoms with van der Waals surface area (Å²) in [5, 5.41) is 13.0. The number of hydrogen-bond donors (Lipinski definition) is 1. The minimum absolute atomic E-state index is 0.422. The van der Waals surface area contributed by atoms with Crippen LogP contribution in [0.15, 0.2) is 207 Å². The Morgan fingerprint density at radius 1 is 0.426 bits per heavy atom. The fourth-order valence-electron chi connectivity index (χ4n) is 9.36. The molecule has 13 rings (SSSR count). The van der Waals surface area contributed by atoms with Crippen LogP contribution in [0.5, 0.6) is 0 Å². The number of benzene rings is 9. The maximum atomic E-state index is 6.69. The van der Waals surface area contributed by atoms with Gasteiger partial charge in [0.15, 0.2) is 5.84 Å². The van der Waals surface area contributed by atoms with E-state index in [1.54, 1.807) is 0 Å². The van der Waals surface area contributed by atoms with Crippen LogP contribution in [-0.4, -0.2) is 11.7 Å². The molecular formula is C55H33N3O2S. The number of furan rings is 2. The topological polar surface area (TPSA) is 63.0 Å². The predicted molar refractivity (Wildman–Crippen MR) is 254 cm³/mol. The average molecular weight is 800 g/mol. The molecule has 0 radical (unpaired) electrons. The van der Waals surface area contributed by atoms with Gasteiger partial charge in [0.1, 0.15) is 34.3 Å². The lowest BCUT2D eigenvalue weighted by Gasteiger charge is -2.24. The molecule has 0 aliphatic carbocycles. The van der Waals surface area contributed by atoms with Crippen LogP contribution in [0.1, 0.15) is 22.9 Å². The van der Waals surface area contributed by atoms with Crippen molar-refractivity contribution in [1.29, 1.82) is 0 Å². The normalized spacial score (nSPS) is 14.4. The third-order valence-electron chi connectivity index (χ3n) is 12.2. The predicted octanol–water partition coefficient (Wildman–Crippen LogP) is 14.8. The van der Waals surface area contributed by atoms with Crippen LogP contribution in [0.25, 0.3) is 97.1 Å². The zero-order valence-electron chi connectivity index (χ0n) is 32.6. The van der Waals surface area contributed by atoms with Gasteiger partial charge in [-0.25, -0.2) is 9.98 Å². The van der Waals surface area contributed by atoms with Gasteiger partial charge in [-0.3, -0.25) is 0 Å². The molecule has 0 bridgehead atoms. The van der Waals surface area contributed by atoms with Gasteiger partial charge in [-0.1, -0.05) is 146 Å². The summed E-state index contributed by atoms with van der Waals surface area (Å²) in [6.45, 7) is 0. The van der Waals surface area contributed by atoms with Gasteiger partial charge in [-0.05, 0) is 81.1 Å². The highest BCUT2D eigenvalue weighted by Gasteiger charge is 2.26. The second-order valence-electron chi connectivity index (χ2n) is 15.7. The molecule has 1 unspecified atom stereocenters. The van der Waals surface area contributed by atoms with Gasteiger partial charge in [0.05, 0.1) is 0 Å². The Kier molecular flexibility index (Phi) is 7.47. The summed E-state index contributed by atoms with van der Waals surface area (Å²) >= 11 is 1.83. The second-order valence-corrected chi connectivity index (χ2v) is 16.7. The zero-order valence-corrected chi connectivity index (χ0v) is 33.4. The number of amidine groups is 2. The van der Waals surface area contributed by atoms with Crippen LogP contribution in [-0.2, 0) is 0 Å². The van der Waals surface area contributed by atoms with Gasteiger partial charge in [0.25, 0.3) is 0 Å². The number of nitrogens with zero attached hydrogens (tertiary/aromatic N) is 2. The Morgan fingerprint density at radius 2 is 1.02 bits per heavy atom. The molecule has 0 fully saturated rings. The zero-order chi connectivity index (χ0) is 40.0. The van der Waals surface area contributed by atoms with E-state index in [-0.39, 0.29) is 0 Å². The monoisotopic (exact) mass is 799 g/mol. The number of rotatable bonds is 5. The second kappa shape index (κ2) is 13.4. The molecule has 4 heterocycles. The van der Waals surface area contributed by atoms with Crippen molar-refractivity contribution in [1.82, 2.24) is 5.32 Å². The third-order valence-corrected chi connectivity index (χ3v) is 13.3. The highest BCUT2D eigenvalue weighted by Crippen LogP contribution is 2.45. The summed E-state index contributed by atoms with van der Waals surface area (Å²) in [5.41, 5.74) is 10.8. The largest absolute Gasteiger partial charge is 0.456 e. The molecule has 1 aliphatic heterocycles. The third kappa shape index (κ3) is 5.39. The summed E-state index contributed by atoms with van der Waals surface area (Å²) in [6.07, 6.45) is -0.422. The number of aliphatic imine (C=N–C) groups is 2. The van der Waals surface area contributed by atoms with E-state index in [0.717, 1.165) is 77.5 Å². The van der Waals surface area contributed by atoms with Crippen molar-refractivity contribution in [3.05, 3.63) is 205 Å². The molecule has 1 atom stereocenters. The molecular weight excluding hydrogens is 767 g/mol. The summed E-state index contributed by atoms with van der Waals surface area (Å²) in [6, 6.07) is 66.2. The molecule has 0 amide bonds. The molecule has 3 aromatic heterocycles. The molecule has 6 heteroatoms. The van der Waals surface area contributed by atoms with Crippen LogP contribution in [0.3, 0.4) is 0 Å². The van der Waals surface area contributed by atoms with Gasteiger partial charge in [-0.2, -0.15) is 0 Å². The fourth-order valence-corrected chi connectivity index (χ4v) is 10.5. The molecule has 61 heavy (non-hydrogen) atoms. The lowest BCUT2D eigenvalue weighted by atomic mass is 9.94.